The standard InChI is InChI=1S/C15H13Cl2FOS/c1-10(12-5-6-14(16)15(17)8-12)20(19)9-11-3-2-4-13(18)7-11/h2-8,10H,9H2,1H3/t10-,20-/m1/s1. The average Bonchev–Trinajstić information content (AvgIpc) is 2.41. The van der Waals surface area contributed by atoms with E-state index in [1.54, 1.807) is 24.3 Å². The minimum atomic E-state index is -1.16. The topological polar surface area (TPSA) is 17.1 Å². The maximum atomic E-state index is 13.1. The number of benzene rings is 2. The predicted octanol–water partition coefficient (Wildman–Crippen LogP) is 5.14. The van der Waals surface area contributed by atoms with Gasteiger partial charge in [0.15, 0.2) is 0 Å². The first-order valence-corrected chi connectivity index (χ1v) is 8.17. The third-order valence-electron chi connectivity index (χ3n) is 3.01. The summed E-state index contributed by atoms with van der Waals surface area (Å²) in [4.78, 5) is 0. The van der Waals surface area contributed by atoms with Crippen molar-refractivity contribution < 1.29 is 8.60 Å². The van der Waals surface area contributed by atoms with Gasteiger partial charge in [0.1, 0.15) is 5.82 Å². The summed E-state index contributed by atoms with van der Waals surface area (Å²) in [6.45, 7) is 1.86. The zero-order valence-corrected chi connectivity index (χ0v) is 13.1. The van der Waals surface area contributed by atoms with Crippen molar-refractivity contribution in [1.29, 1.82) is 0 Å². The fraction of sp³-hybridized carbons (Fsp3) is 0.200. The molecule has 0 N–H and O–H groups in total. The van der Waals surface area contributed by atoms with Crippen LogP contribution in [0.3, 0.4) is 0 Å². The molecule has 2 rings (SSSR count). The Morgan fingerprint density at radius 3 is 2.55 bits per heavy atom. The zero-order chi connectivity index (χ0) is 14.7. The fourth-order valence-corrected chi connectivity index (χ4v) is 3.35. The molecule has 20 heavy (non-hydrogen) atoms. The Kier molecular flexibility index (Phi) is 5.19. The minimum Gasteiger partial charge on any atom is -0.259 e. The van der Waals surface area contributed by atoms with Crippen molar-refractivity contribution in [3.05, 3.63) is 69.5 Å². The first-order valence-electron chi connectivity index (χ1n) is 6.04. The molecule has 0 fully saturated rings. The summed E-state index contributed by atoms with van der Waals surface area (Å²) in [6.07, 6.45) is 0. The molecule has 0 saturated carbocycles. The van der Waals surface area contributed by atoms with E-state index in [9.17, 15) is 8.60 Å². The molecular formula is C15H13Cl2FOS. The highest BCUT2D eigenvalue weighted by atomic mass is 35.5. The van der Waals surface area contributed by atoms with Gasteiger partial charge in [0.2, 0.25) is 0 Å². The van der Waals surface area contributed by atoms with Gasteiger partial charge >= 0.3 is 0 Å². The molecule has 0 aliphatic carbocycles. The van der Waals surface area contributed by atoms with Gasteiger partial charge in [0, 0.05) is 16.6 Å². The Balaban J connectivity index is 2.14. The third-order valence-corrected chi connectivity index (χ3v) is 5.42. The first-order chi connectivity index (χ1) is 9.47. The molecule has 1 nitrogen and oxygen atoms in total. The minimum absolute atomic E-state index is 0.201. The van der Waals surface area contributed by atoms with Gasteiger partial charge in [0.05, 0.1) is 15.3 Å². The molecule has 5 heteroatoms. The van der Waals surface area contributed by atoms with Crippen LogP contribution in [0, 0.1) is 5.82 Å². The second-order valence-corrected chi connectivity index (χ2v) is 7.04. The third kappa shape index (κ3) is 3.81. The van der Waals surface area contributed by atoms with Crippen LogP contribution in [0.4, 0.5) is 4.39 Å². The molecule has 0 amide bonds. The van der Waals surface area contributed by atoms with E-state index in [1.807, 2.05) is 13.0 Å². The summed E-state index contributed by atoms with van der Waals surface area (Å²) in [6, 6.07) is 11.4. The van der Waals surface area contributed by atoms with Crippen molar-refractivity contribution in [2.45, 2.75) is 17.9 Å². The Bertz CT molecular complexity index is 646. The highest BCUT2D eigenvalue weighted by molar-refractivity contribution is 7.84. The van der Waals surface area contributed by atoms with Crippen LogP contribution in [0.15, 0.2) is 42.5 Å². The van der Waals surface area contributed by atoms with Gasteiger partial charge < -0.3 is 0 Å². The van der Waals surface area contributed by atoms with E-state index in [0.29, 0.717) is 15.8 Å². The van der Waals surface area contributed by atoms with E-state index < -0.39 is 10.8 Å². The fourth-order valence-electron chi connectivity index (χ4n) is 1.83. The number of rotatable bonds is 4. The van der Waals surface area contributed by atoms with Crippen LogP contribution in [-0.4, -0.2) is 4.21 Å². The second-order valence-electron chi connectivity index (χ2n) is 4.47. The molecule has 0 aliphatic heterocycles. The molecule has 0 unspecified atom stereocenters. The zero-order valence-electron chi connectivity index (χ0n) is 10.8. The molecule has 0 aromatic heterocycles. The van der Waals surface area contributed by atoms with E-state index in [1.165, 1.54) is 12.1 Å². The van der Waals surface area contributed by atoms with E-state index in [-0.39, 0.29) is 11.1 Å². The Morgan fingerprint density at radius 2 is 1.90 bits per heavy atom. The maximum absolute atomic E-state index is 13.1. The smallest absolute Gasteiger partial charge is 0.123 e. The largest absolute Gasteiger partial charge is 0.259 e. The molecule has 0 heterocycles. The molecule has 2 aromatic carbocycles. The van der Waals surface area contributed by atoms with Crippen molar-refractivity contribution in [2.24, 2.45) is 0 Å². The van der Waals surface area contributed by atoms with Crippen LogP contribution in [0.25, 0.3) is 0 Å². The average molecular weight is 331 g/mol. The van der Waals surface area contributed by atoms with E-state index in [0.717, 1.165) is 11.1 Å². The Hall–Kier alpha value is -0.900. The van der Waals surface area contributed by atoms with E-state index in [4.69, 9.17) is 23.2 Å². The van der Waals surface area contributed by atoms with Crippen LogP contribution in [0.2, 0.25) is 10.0 Å². The van der Waals surface area contributed by atoms with Gasteiger partial charge in [-0.05, 0) is 42.3 Å². The molecule has 0 aliphatic rings. The van der Waals surface area contributed by atoms with Crippen molar-refractivity contribution in [3.63, 3.8) is 0 Å². The lowest BCUT2D eigenvalue weighted by Gasteiger charge is -2.13. The SMILES string of the molecule is C[C@H](c1ccc(Cl)c(Cl)c1)[S@](=O)Cc1cccc(F)c1. The molecule has 2 atom stereocenters. The molecule has 0 spiro atoms. The van der Waals surface area contributed by atoms with Gasteiger partial charge in [-0.1, -0.05) is 41.4 Å². The van der Waals surface area contributed by atoms with Crippen molar-refractivity contribution in [1.82, 2.24) is 0 Å². The predicted molar refractivity (Wildman–Crippen MR) is 83.1 cm³/mol. The maximum Gasteiger partial charge on any atom is 0.123 e. The molecule has 0 saturated heterocycles. The van der Waals surface area contributed by atoms with Gasteiger partial charge in [-0.25, -0.2) is 4.39 Å². The van der Waals surface area contributed by atoms with E-state index in [2.05, 4.69) is 0 Å². The van der Waals surface area contributed by atoms with E-state index >= 15 is 0 Å². The number of halogens is 3. The van der Waals surface area contributed by atoms with Gasteiger partial charge in [-0.3, -0.25) is 4.21 Å². The summed E-state index contributed by atoms with van der Waals surface area (Å²) >= 11 is 11.8. The van der Waals surface area contributed by atoms with Gasteiger partial charge in [-0.15, -0.1) is 0 Å². The molecule has 0 bridgehead atoms. The quantitative estimate of drug-likeness (QED) is 0.758. The van der Waals surface area contributed by atoms with Crippen molar-refractivity contribution in [2.75, 3.05) is 0 Å². The summed E-state index contributed by atoms with van der Waals surface area (Å²) in [7, 11) is -1.16. The molecular weight excluding hydrogens is 318 g/mol. The van der Waals surface area contributed by atoms with Crippen molar-refractivity contribution >= 4 is 34.0 Å². The lowest BCUT2D eigenvalue weighted by atomic mass is 10.2. The Morgan fingerprint density at radius 1 is 1.15 bits per heavy atom. The lowest BCUT2D eigenvalue weighted by molar-refractivity contribution is 0.626. The second kappa shape index (κ2) is 6.70. The summed E-state index contributed by atoms with van der Waals surface area (Å²) in [5, 5.41) is 0.713. The van der Waals surface area contributed by atoms with Gasteiger partial charge in [0.25, 0.3) is 0 Å². The lowest BCUT2D eigenvalue weighted by Crippen LogP contribution is -2.05. The number of hydrogen-bond donors (Lipinski definition) is 0. The molecule has 106 valence electrons. The van der Waals surface area contributed by atoms with Crippen LogP contribution in [0.5, 0.6) is 0 Å². The summed E-state index contributed by atoms with van der Waals surface area (Å²) in [5.74, 6) is -0.0131. The highest BCUT2D eigenvalue weighted by Gasteiger charge is 2.15. The van der Waals surface area contributed by atoms with Crippen molar-refractivity contribution in [3.8, 4) is 0 Å². The Labute approximate surface area is 130 Å². The molecule has 0 radical (unpaired) electrons. The van der Waals surface area contributed by atoms with Gasteiger partial charge in [-0.2, -0.15) is 0 Å². The van der Waals surface area contributed by atoms with Crippen LogP contribution < -0.4 is 0 Å². The monoisotopic (exact) mass is 330 g/mol. The summed E-state index contributed by atoms with van der Waals surface area (Å²) in [5.41, 5.74) is 1.57. The first kappa shape index (κ1) is 15.5. The highest BCUT2D eigenvalue weighted by Crippen LogP contribution is 2.28. The molecule has 2 aromatic rings. The summed E-state index contributed by atoms with van der Waals surface area (Å²) < 4.78 is 25.4. The van der Waals surface area contributed by atoms with Crippen LogP contribution >= 0.6 is 23.2 Å². The number of hydrogen-bond acceptors (Lipinski definition) is 1. The van der Waals surface area contributed by atoms with Crippen LogP contribution in [0.1, 0.15) is 23.3 Å². The van der Waals surface area contributed by atoms with Crippen LogP contribution in [-0.2, 0) is 16.6 Å². The normalized spacial score (nSPS) is 14.0.